The molecule has 9 heteroatoms. The second kappa shape index (κ2) is 8.83. The number of nitrogens with zero attached hydrogens (tertiary/aromatic N) is 3. The quantitative estimate of drug-likeness (QED) is 0.438. The number of carbonyl (C=O) groups excluding carboxylic acids is 1. The maximum absolute atomic E-state index is 12.7. The molecule has 0 fully saturated rings. The van der Waals surface area contributed by atoms with Gasteiger partial charge >= 0.3 is 0 Å². The van der Waals surface area contributed by atoms with Crippen molar-refractivity contribution in [3.63, 3.8) is 0 Å². The van der Waals surface area contributed by atoms with Gasteiger partial charge < -0.3 is 9.84 Å². The Bertz CT molecular complexity index is 1020. The molecule has 1 N–H and O–H groups in total. The summed E-state index contributed by atoms with van der Waals surface area (Å²) < 4.78 is 5.42. The Balaban J connectivity index is 1.85. The fraction of sp³-hybridized carbons (Fsp3) is 0.250. The summed E-state index contributed by atoms with van der Waals surface area (Å²) in [4.78, 5) is 27.6. The average molecular weight is 415 g/mol. The topological polar surface area (TPSA) is 111 Å². The summed E-state index contributed by atoms with van der Waals surface area (Å²) in [6.45, 7) is 3.93. The van der Waals surface area contributed by atoms with Gasteiger partial charge in [0.05, 0.1) is 4.92 Å². The van der Waals surface area contributed by atoms with Crippen molar-refractivity contribution < 1.29 is 14.2 Å². The van der Waals surface area contributed by atoms with E-state index < -0.39 is 16.9 Å². The van der Waals surface area contributed by atoms with Gasteiger partial charge in [-0.2, -0.15) is 4.98 Å². The van der Waals surface area contributed by atoms with Crippen molar-refractivity contribution in [1.82, 2.24) is 15.5 Å². The molecule has 1 heterocycles. The first kappa shape index (κ1) is 20.5. The maximum Gasteiger partial charge on any atom is 0.270 e. The molecule has 0 unspecified atom stereocenters. The highest BCUT2D eigenvalue weighted by Crippen LogP contribution is 2.27. The van der Waals surface area contributed by atoms with Crippen LogP contribution in [0.5, 0.6) is 0 Å². The molecule has 0 radical (unpaired) electrons. The third kappa shape index (κ3) is 4.78. The maximum atomic E-state index is 12.7. The lowest BCUT2D eigenvalue weighted by atomic mass is 9.98. The van der Waals surface area contributed by atoms with Crippen LogP contribution in [0.2, 0.25) is 5.02 Å². The first-order valence-electron chi connectivity index (χ1n) is 9.04. The molecule has 0 aliphatic carbocycles. The van der Waals surface area contributed by atoms with Crippen LogP contribution in [0.15, 0.2) is 53.1 Å². The van der Waals surface area contributed by atoms with Gasteiger partial charge in [0.2, 0.25) is 11.7 Å². The molecule has 0 saturated heterocycles. The van der Waals surface area contributed by atoms with E-state index in [0.717, 1.165) is 12.0 Å². The first-order valence-corrected chi connectivity index (χ1v) is 9.41. The molecule has 8 nitrogen and oxygen atoms in total. The largest absolute Gasteiger partial charge is 0.340 e. The number of halogens is 1. The van der Waals surface area contributed by atoms with Crippen LogP contribution in [-0.2, 0) is 0 Å². The van der Waals surface area contributed by atoms with Gasteiger partial charge in [-0.3, -0.25) is 14.9 Å². The number of benzene rings is 2. The molecule has 0 aliphatic rings. The molecular formula is C20H19ClN4O4. The summed E-state index contributed by atoms with van der Waals surface area (Å²) in [5.74, 6) is 0.194. The first-order chi connectivity index (χ1) is 13.9. The van der Waals surface area contributed by atoms with E-state index >= 15 is 0 Å². The van der Waals surface area contributed by atoms with E-state index in [1.165, 1.54) is 24.3 Å². The highest BCUT2D eigenvalue weighted by molar-refractivity contribution is 6.30. The minimum absolute atomic E-state index is 0.00355. The van der Waals surface area contributed by atoms with Crippen LogP contribution in [-0.4, -0.2) is 21.0 Å². The number of nitro benzene ring substituents is 1. The minimum atomic E-state index is -0.542. The zero-order valence-corrected chi connectivity index (χ0v) is 16.6. The normalized spacial score (nSPS) is 12.9. The minimum Gasteiger partial charge on any atom is -0.340 e. The van der Waals surface area contributed by atoms with Gasteiger partial charge in [-0.1, -0.05) is 43.1 Å². The average Bonchev–Trinajstić information content (AvgIpc) is 3.21. The molecule has 29 heavy (non-hydrogen) atoms. The van der Waals surface area contributed by atoms with Crippen molar-refractivity contribution in [2.45, 2.75) is 26.3 Å². The molecule has 0 spiro atoms. The summed E-state index contributed by atoms with van der Waals surface area (Å²) in [6, 6.07) is 12.0. The van der Waals surface area contributed by atoms with Gasteiger partial charge in [-0.15, -0.1) is 0 Å². The van der Waals surface area contributed by atoms with Gasteiger partial charge in [0.25, 0.3) is 11.6 Å². The predicted molar refractivity (Wildman–Crippen MR) is 108 cm³/mol. The number of nitrogens with one attached hydrogen (secondary N) is 1. The summed E-state index contributed by atoms with van der Waals surface area (Å²) in [7, 11) is 0. The van der Waals surface area contributed by atoms with Crippen molar-refractivity contribution in [3.05, 3.63) is 75.1 Å². The van der Waals surface area contributed by atoms with Crippen molar-refractivity contribution in [2.24, 2.45) is 5.92 Å². The Morgan fingerprint density at radius 2 is 2.00 bits per heavy atom. The predicted octanol–water partition coefficient (Wildman–Crippen LogP) is 4.82. The fourth-order valence-electron chi connectivity index (χ4n) is 2.75. The molecule has 150 valence electrons. The molecule has 3 aromatic rings. The number of aromatic nitrogens is 2. The summed E-state index contributed by atoms with van der Waals surface area (Å²) in [6.07, 6.45) is 0.749. The molecule has 0 saturated carbocycles. The molecule has 0 aliphatic heterocycles. The number of hydrogen-bond acceptors (Lipinski definition) is 6. The van der Waals surface area contributed by atoms with Gasteiger partial charge in [0.15, 0.2) is 0 Å². The number of non-ortho nitro benzene ring substituents is 1. The second-order valence-corrected chi connectivity index (χ2v) is 7.04. The van der Waals surface area contributed by atoms with E-state index in [2.05, 4.69) is 15.5 Å². The number of nitro groups is 1. The van der Waals surface area contributed by atoms with Crippen LogP contribution in [0.25, 0.3) is 11.4 Å². The molecule has 2 atom stereocenters. The lowest BCUT2D eigenvalue weighted by Crippen LogP contribution is -2.32. The fourth-order valence-corrected chi connectivity index (χ4v) is 2.87. The van der Waals surface area contributed by atoms with Gasteiger partial charge in [-0.05, 0) is 36.2 Å². The smallest absolute Gasteiger partial charge is 0.270 e. The molecule has 1 amide bonds. The Hall–Kier alpha value is -3.26. The highest BCUT2D eigenvalue weighted by Gasteiger charge is 2.27. The van der Waals surface area contributed by atoms with E-state index in [0.29, 0.717) is 10.8 Å². The molecule has 0 bridgehead atoms. The number of hydrogen-bond donors (Lipinski definition) is 1. The number of carbonyl (C=O) groups is 1. The van der Waals surface area contributed by atoms with E-state index in [4.69, 9.17) is 16.1 Å². The van der Waals surface area contributed by atoms with Crippen LogP contribution >= 0.6 is 11.6 Å². The van der Waals surface area contributed by atoms with E-state index in [9.17, 15) is 14.9 Å². The zero-order valence-electron chi connectivity index (χ0n) is 15.8. The summed E-state index contributed by atoms with van der Waals surface area (Å²) >= 11 is 5.91. The Morgan fingerprint density at radius 1 is 1.28 bits per heavy atom. The SMILES string of the molecule is CC[C@H](C)[C@H](NC(=O)c1cccc([N+](=O)[O-])c1)c1nc(-c2ccc(Cl)cc2)no1. The zero-order chi connectivity index (χ0) is 21.0. The summed E-state index contributed by atoms with van der Waals surface area (Å²) in [5.41, 5.74) is 0.766. The Morgan fingerprint density at radius 3 is 2.66 bits per heavy atom. The lowest BCUT2D eigenvalue weighted by Gasteiger charge is -2.20. The van der Waals surface area contributed by atoms with Crippen LogP contribution in [0.1, 0.15) is 42.6 Å². The van der Waals surface area contributed by atoms with Crippen molar-refractivity contribution in [3.8, 4) is 11.4 Å². The van der Waals surface area contributed by atoms with E-state index in [-0.39, 0.29) is 23.1 Å². The Kier molecular flexibility index (Phi) is 6.23. The van der Waals surface area contributed by atoms with Gasteiger partial charge in [0, 0.05) is 28.3 Å². The monoisotopic (exact) mass is 414 g/mol. The molecule has 1 aromatic heterocycles. The van der Waals surface area contributed by atoms with Crippen LogP contribution in [0.3, 0.4) is 0 Å². The number of rotatable bonds is 7. The molecule has 2 aromatic carbocycles. The van der Waals surface area contributed by atoms with Gasteiger partial charge in [-0.25, -0.2) is 0 Å². The lowest BCUT2D eigenvalue weighted by molar-refractivity contribution is -0.384. The van der Waals surface area contributed by atoms with Gasteiger partial charge in [0.1, 0.15) is 6.04 Å². The molecular weight excluding hydrogens is 396 g/mol. The van der Waals surface area contributed by atoms with E-state index in [1.54, 1.807) is 24.3 Å². The Labute approximate surface area is 172 Å². The van der Waals surface area contributed by atoms with Crippen molar-refractivity contribution in [2.75, 3.05) is 0 Å². The van der Waals surface area contributed by atoms with Crippen LogP contribution < -0.4 is 5.32 Å². The van der Waals surface area contributed by atoms with Crippen molar-refractivity contribution in [1.29, 1.82) is 0 Å². The van der Waals surface area contributed by atoms with Crippen LogP contribution in [0, 0.1) is 16.0 Å². The number of amides is 1. The molecule has 3 rings (SSSR count). The second-order valence-electron chi connectivity index (χ2n) is 6.61. The third-order valence-corrected chi connectivity index (χ3v) is 4.88. The summed E-state index contributed by atoms with van der Waals surface area (Å²) in [5, 5.41) is 18.4. The standard InChI is InChI=1S/C20H19ClN4O4/c1-3-12(2)17(22-19(26)14-5-4-6-16(11-14)25(27)28)20-23-18(24-29-20)13-7-9-15(21)10-8-13/h4-12,17H,3H2,1-2H3,(H,22,26)/t12-,17-/m0/s1. The van der Waals surface area contributed by atoms with Crippen molar-refractivity contribution >= 4 is 23.2 Å². The highest BCUT2D eigenvalue weighted by atomic mass is 35.5. The van der Waals surface area contributed by atoms with E-state index in [1.807, 2.05) is 13.8 Å². The third-order valence-electron chi connectivity index (χ3n) is 4.63. The van der Waals surface area contributed by atoms with Crippen LogP contribution in [0.4, 0.5) is 5.69 Å².